The molecule has 1 aliphatic rings. The van der Waals surface area contributed by atoms with Crippen molar-refractivity contribution in [1.82, 2.24) is 5.32 Å². The fraction of sp³-hybridized carbons (Fsp3) is 0.462. The lowest BCUT2D eigenvalue weighted by atomic mass is 9.90. The summed E-state index contributed by atoms with van der Waals surface area (Å²) >= 11 is 3.26. The maximum atomic E-state index is 12.2. The van der Waals surface area contributed by atoms with Crippen LogP contribution in [0.25, 0.3) is 0 Å². The number of carbonyl (C=O) groups excluding carboxylic acids is 1. The number of amides is 1. The minimum atomic E-state index is -0.663. The molecular weight excluding hydrogens is 314 g/mol. The Kier molecular flexibility index (Phi) is 4.44. The second kappa shape index (κ2) is 5.90. The van der Waals surface area contributed by atoms with E-state index in [-0.39, 0.29) is 17.9 Å². The number of phenols is 1. The average Bonchev–Trinajstić information content (AvgIpc) is 2.42. The van der Waals surface area contributed by atoms with Crippen LogP contribution in [0.3, 0.4) is 0 Å². The highest BCUT2D eigenvalue weighted by atomic mass is 79.9. The average molecular weight is 330 g/mol. The normalized spacial score (nSPS) is 18.0. The van der Waals surface area contributed by atoms with Gasteiger partial charge in [0.15, 0.2) is 0 Å². The van der Waals surface area contributed by atoms with Gasteiger partial charge in [-0.05, 0) is 31.0 Å². The van der Waals surface area contributed by atoms with E-state index in [4.69, 9.17) is 4.74 Å². The number of ether oxygens (including phenoxy) is 1. The van der Waals surface area contributed by atoms with Crippen molar-refractivity contribution < 1.29 is 19.7 Å². The summed E-state index contributed by atoms with van der Waals surface area (Å²) in [7, 11) is 0. The summed E-state index contributed by atoms with van der Waals surface area (Å²) in [5.74, 6) is -0.476. The largest absolute Gasteiger partial charge is 0.507 e. The summed E-state index contributed by atoms with van der Waals surface area (Å²) in [4.78, 5) is 12.2. The van der Waals surface area contributed by atoms with Gasteiger partial charge in [0.2, 0.25) is 0 Å². The lowest BCUT2D eigenvalue weighted by Crippen LogP contribution is -2.54. The standard InChI is InChI=1S/C13H16BrNO4/c14-9-1-2-11(17)10(7-9)12(18)15-13(8-16)3-5-19-6-4-13/h1-2,7,16-17H,3-6,8H2,(H,15,18). The first-order valence-corrected chi connectivity index (χ1v) is 6.85. The van der Waals surface area contributed by atoms with E-state index in [1.54, 1.807) is 12.1 Å². The SMILES string of the molecule is O=C(NC1(CO)CCOCC1)c1cc(Br)ccc1O. The van der Waals surface area contributed by atoms with Gasteiger partial charge < -0.3 is 20.3 Å². The molecule has 1 aliphatic heterocycles. The first-order chi connectivity index (χ1) is 9.06. The Morgan fingerprint density at radius 2 is 2.11 bits per heavy atom. The van der Waals surface area contributed by atoms with Crippen molar-refractivity contribution in [3.8, 4) is 5.75 Å². The summed E-state index contributed by atoms with van der Waals surface area (Å²) in [6, 6.07) is 4.66. The molecule has 0 aromatic heterocycles. The molecule has 0 spiro atoms. The first kappa shape index (κ1) is 14.3. The van der Waals surface area contributed by atoms with Gasteiger partial charge in [0, 0.05) is 17.7 Å². The molecular formula is C13H16BrNO4. The van der Waals surface area contributed by atoms with E-state index < -0.39 is 11.4 Å². The second-order valence-corrected chi connectivity index (χ2v) is 5.58. The number of phenolic OH excluding ortho intramolecular Hbond substituents is 1. The van der Waals surface area contributed by atoms with Gasteiger partial charge >= 0.3 is 0 Å². The van der Waals surface area contributed by atoms with Gasteiger partial charge in [-0.15, -0.1) is 0 Å². The molecule has 19 heavy (non-hydrogen) atoms. The summed E-state index contributed by atoms with van der Waals surface area (Å²) in [5.41, 5.74) is -0.474. The van der Waals surface area contributed by atoms with Gasteiger partial charge in [-0.1, -0.05) is 15.9 Å². The van der Waals surface area contributed by atoms with Crippen molar-refractivity contribution in [2.75, 3.05) is 19.8 Å². The zero-order valence-electron chi connectivity index (χ0n) is 10.4. The van der Waals surface area contributed by atoms with Crippen molar-refractivity contribution in [3.05, 3.63) is 28.2 Å². The third-order valence-corrected chi connectivity index (χ3v) is 3.83. The zero-order valence-corrected chi connectivity index (χ0v) is 11.9. The highest BCUT2D eigenvalue weighted by Crippen LogP contribution is 2.25. The van der Waals surface area contributed by atoms with Crippen molar-refractivity contribution in [1.29, 1.82) is 0 Å². The Bertz CT molecular complexity index is 472. The fourth-order valence-electron chi connectivity index (χ4n) is 2.08. The number of benzene rings is 1. The minimum absolute atomic E-state index is 0.0825. The van der Waals surface area contributed by atoms with Crippen molar-refractivity contribution in [3.63, 3.8) is 0 Å². The molecule has 0 atom stereocenters. The fourth-order valence-corrected chi connectivity index (χ4v) is 2.44. The monoisotopic (exact) mass is 329 g/mol. The summed E-state index contributed by atoms with van der Waals surface area (Å²) in [5, 5.41) is 22.1. The number of hydrogen-bond donors (Lipinski definition) is 3. The van der Waals surface area contributed by atoms with Crippen LogP contribution in [0.15, 0.2) is 22.7 Å². The number of aromatic hydroxyl groups is 1. The minimum Gasteiger partial charge on any atom is -0.507 e. The van der Waals surface area contributed by atoms with E-state index in [1.165, 1.54) is 6.07 Å². The maximum absolute atomic E-state index is 12.2. The summed E-state index contributed by atoms with van der Waals surface area (Å²) < 4.78 is 5.95. The van der Waals surface area contributed by atoms with Crippen LogP contribution in [0.4, 0.5) is 0 Å². The second-order valence-electron chi connectivity index (χ2n) is 4.67. The maximum Gasteiger partial charge on any atom is 0.255 e. The van der Waals surface area contributed by atoms with Crippen LogP contribution in [0.2, 0.25) is 0 Å². The predicted molar refractivity (Wildman–Crippen MR) is 73.1 cm³/mol. The van der Waals surface area contributed by atoms with E-state index >= 15 is 0 Å². The van der Waals surface area contributed by atoms with Crippen LogP contribution in [0.1, 0.15) is 23.2 Å². The zero-order chi connectivity index (χ0) is 13.9. The number of aliphatic hydroxyl groups is 1. The molecule has 104 valence electrons. The number of hydrogen-bond acceptors (Lipinski definition) is 4. The number of rotatable bonds is 3. The lowest BCUT2D eigenvalue weighted by molar-refractivity contribution is 0.0125. The highest BCUT2D eigenvalue weighted by molar-refractivity contribution is 9.10. The summed E-state index contributed by atoms with van der Waals surface area (Å²) in [6.45, 7) is 0.869. The van der Waals surface area contributed by atoms with E-state index in [9.17, 15) is 15.0 Å². The van der Waals surface area contributed by atoms with E-state index in [0.29, 0.717) is 30.5 Å². The van der Waals surface area contributed by atoms with Crippen molar-refractivity contribution in [2.24, 2.45) is 0 Å². The highest BCUT2D eigenvalue weighted by Gasteiger charge is 2.34. The van der Waals surface area contributed by atoms with Crippen LogP contribution in [-0.2, 0) is 4.74 Å². The molecule has 1 saturated heterocycles. The van der Waals surface area contributed by atoms with Gasteiger partial charge in [0.25, 0.3) is 5.91 Å². The molecule has 0 saturated carbocycles. The molecule has 1 fully saturated rings. The van der Waals surface area contributed by atoms with Crippen molar-refractivity contribution in [2.45, 2.75) is 18.4 Å². The molecule has 1 aromatic carbocycles. The Hall–Kier alpha value is -1.11. The third kappa shape index (κ3) is 3.26. The van der Waals surface area contributed by atoms with Gasteiger partial charge in [0.1, 0.15) is 5.75 Å². The van der Waals surface area contributed by atoms with E-state index in [0.717, 1.165) is 0 Å². The molecule has 0 bridgehead atoms. The Labute approximate surface area is 119 Å². The molecule has 1 heterocycles. The number of halogens is 1. The molecule has 5 nitrogen and oxygen atoms in total. The predicted octanol–water partition coefficient (Wildman–Crippen LogP) is 1.43. The molecule has 0 radical (unpaired) electrons. The smallest absolute Gasteiger partial charge is 0.255 e. The molecule has 2 rings (SSSR count). The molecule has 1 amide bonds. The van der Waals surface area contributed by atoms with Gasteiger partial charge in [-0.25, -0.2) is 0 Å². The third-order valence-electron chi connectivity index (χ3n) is 3.33. The number of carbonyl (C=O) groups is 1. The topological polar surface area (TPSA) is 78.8 Å². The lowest BCUT2D eigenvalue weighted by Gasteiger charge is -2.36. The van der Waals surface area contributed by atoms with E-state index in [1.807, 2.05) is 0 Å². The Balaban J connectivity index is 2.17. The van der Waals surface area contributed by atoms with Gasteiger partial charge in [-0.3, -0.25) is 4.79 Å². The van der Waals surface area contributed by atoms with Crippen molar-refractivity contribution >= 4 is 21.8 Å². The van der Waals surface area contributed by atoms with Gasteiger partial charge in [0.05, 0.1) is 17.7 Å². The van der Waals surface area contributed by atoms with Gasteiger partial charge in [-0.2, -0.15) is 0 Å². The number of nitrogens with one attached hydrogen (secondary N) is 1. The van der Waals surface area contributed by atoms with Crippen LogP contribution in [0, 0.1) is 0 Å². The Morgan fingerprint density at radius 1 is 1.42 bits per heavy atom. The van der Waals surface area contributed by atoms with Crippen LogP contribution in [0.5, 0.6) is 5.75 Å². The number of aliphatic hydroxyl groups excluding tert-OH is 1. The van der Waals surface area contributed by atoms with E-state index in [2.05, 4.69) is 21.2 Å². The Morgan fingerprint density at radius 3 is 2.74 bits per heavy atom. The van der Waals surface area contributed by atoms with Crippen LogP contribution < -0.4 is 5.32 Å². The molecule has 0 unspecified atom stereocenters. The van der Waals surface area contributed by atoms with Crippen LogP contribution >= 0.6 is 15.9 Å². The first-order valence-electron chi connectivity index (χ1n) is 6.06. The molecule has 0 aliphatic carbocycles. The molecule has 1 aromatic rings. The quantitative estimate of drug-likeness (QED) is 0.783. The summed E-state index contributed by atoms with van der Waals surface area (Å²) in [6.07, 6.45) is 1.12. The van der Waals surface area contributed by atoms with Crippen LogP contribution in [-0.4, -0.2) is 41.5 Å². The molecule has 6 heteroatoms. The molecule has 3 N–H and O–H groups in total.